The summed E-state index contributed by atoms with van der Waals surface area (Å²) in [7, 11) is 1.44. The second-order valence-corrected chi connectivity index (χ2v) is 10.4. The molecular formula is C32H36N4O5. The number of oxime groups is 1. The van der Waals surface area contributed by atoms with Gasteiger partial charge in [-0.15, -0.1) is 0 Å². The summed E-state index contributed by atoms with van der Waals surface area (Å²) < 4.78 is 7.70. The number of carbonyl (C=O) groups excluding carboxylic acids is 2. The van der Waals surface area contributed by atoms with Crippen LogP contribution in [0.5, 0.6) is 0 Å². The van der Waals surface area contributed by atoms with Crippen LogP contribution in [0.2, 0.25) is 0 Å². The summed E-state index contributed by atoms with van der Waals surface area (Å²) in [6, 6.07) is 16.9. The highest BCUT2D eigenvalue weighted by atomic mass is 16.6. The van der Waals surface area contributed by atoms with Gasteiger partial charge >= 0.3 is 5.63 Å². The smallest absolute Gasteiger partial charge is 0.348 e. The maximum absolute atomic E-state index is 13.5. The van der Waals surface area contributed by atoms with Crippen LogP contribution in [-0.4, -0.2) is 46.7 Å². The van der Waals surface area contributed by atoms with Crippen LogP contribution >= 0.6 is 0 Å². The van der Waals surface area contributed by atoms with Crippen LogP contribution in [0.15, 0.2) is 69.0 Å². The van der Waals surface area contributed by atoms with Crippen LogP contribution in [0.25, 0.3) is 21.8 Å². The Morgan fingerprint density at radius 1 is 1.05 bits per heavy atom. The van der Waals surface area contributed by atoms with Crippen LogP contribution in [0, 0.1) is 0 Å². The topological polar surface area (TPSA) is 106 Å². The zero-order valence-electron chi connectivity index (χ0n) is 23.8. The molecule has 0 bridgehead atoms. The van der Waals surface area contributed by atoms with E-state index in [2.05, 4.69) is 41.0 Å². The lowest BCUT2D eigenvalue weighted by molar-refractivity contribution is -0.117. The SMILES string of the molecule is CCCCCc1ccc(C(=O)N2C/C(=N/OC)C[C@H]2CC(=O)Nc2ccc3c(c2)c2ccccc2n3CC)c(=O)o1. The van der Waals surface area contributed by atoms with Gasteiger partial charge in [0.1, 0.15) is 18.4 Å². The Kier molecular flexibility index (Phi) is 8.52. The van der Waals surface area contributed by atoms with Crippen molar-refractivity contribution in [3.8, 4) is 0 Å². The highest BCUT2D eigenvalue weighted by molar-refractivity contribution is 6.10. The fourth-order valence-corrected chi connectivity index (χ4v) is 5.74. The lowest BCUT2D eigenvalue weighted by Gasteiger charge is -2.23. The van der Waals surface area contributed by atoms with Crippen molar-refractivity contribution in [1.82, 2.24) is 9.47 Å². The summed E-state index contributed by atoms with van der Waals surface area (Å²) in [5.41, 5.74) is 2.86. The maximum atomic E-state index is 13.5. The van der Waals surface area contributed by atoms with E-state index < -0.39 is 17.6 Å². The minimum Gasteiger partial charge on any atom is -0.427 e. The molecule has 2 amide bonds. The van der Waals surface area contributed by atoms with Crippen molar-refractivity contribution in [3.63, 3.8) is 0 Å². The first-order valence-corrected chi connectivity index (χ1v) is 14.3. The molecule has 9 heteroatoms. The molecule has 0 saturated carbocycles. The zero-order valence-corrected chi connectivity index (χ0v) is 23.8. The number of hydrogen-bond acceptors (Lipinski definition) is 6. The zero-order chi connectivity index (χ0) is 28.9. The molecule has 1 atom stereocenters. The molecule has 214 valence electrons. The molecule has 1 aliphatic rings. The van der Waals surface area contributed by atoms with Gasteiger partial charge < -0.3 is 24.0 Å². The van der Waals surface area contributed by atoms with Gasteiger partial charge in [0.05, 0.1) is 12.3 Å². The normalized spacial score (nSPS) is 16.1. The molecule has 2 aromatic heterocycles. The number of aromatic nitrogens is 1. The van der Waals surface area contributed by atoms with E-state index in [4.69, 9.17) is 9.25 Å². The number of aryl methyl sites for hydroxylation is 2. The number of carbonyl (C=O) groups is 2. The van der Waals surface area contributed by atoms with E-state index in [0.717, 1.165) is 47.6 Å². The van der Waals surface area contributed by atoms with E-state index in [1.807, 2.05) is 30.3 Å². The summed E-state index contributed by atoms with van der Waals surface area (Å²) in [6.45, 7) is 5.23. The summed E-state index contributed by atoms with van der Waals surface area (Å²) in [5.74, 6) is -0.145. The van der Waals surface area contributed by atoms with Gasteiger partial charge in [-0.3, -0.25) is 9.59 Å². The third-order valence-electron chi connectivity index (χ3n) is 7.68. The second kappa shape index (κ2) is 12.4. The Bertz CT molecular complexity index is 1670. The van der Waals surface area contributed by atoms with Crippen molar-refractivity contribution in [2.75, 3.05) is 19.0 Å². The molecule has 1 aliphatic heterocycles. The van der Waals surface area contributed by atoms with Crippen LogP contribution in [0.1, 0.15) is 62.1 Å². The first kappa shape index (κ1) is 28.1. The Morgan fingerprint density at radius 3 is 2.61 bits per heavy atom. The van der Waals surface area contributed by atoms with Gasteiger partial charge in [-0.1, -0.05) is 43.1 Å². The largest absolute Gasteiger partial charge is 0.427 e. The van der Waals surface area contributed by atoms with Gasteiger partial charge in [-0.2, -0.15) is 0 Å². The number of nitrogens with one attached hydrogen (secondary N) is 1. The summed E-state index contributed by atoms with van der Waals surface area (Å²) in [5, 5.41) is 9.23. The van der Waals surface area contributed by atoms with Gasteiger partial charge in [-0.25, -0.2) is 4.79 Å². The first-order chi connectivity index (χ1) is 19.9. The fraction of sp³-hybridized carbons (Fsp3) is 0.375. The van der Waals surface area contributed by atoms with Gasteiger partial charge in [0.25, 0.3) is 5.91 Å². The van der Waals surface area contributed by atoms with Crippen molar-refractivity contribution in [2.45, 2.75) is 65.0 Å². The molecule has 4 aromatic rings. The molecular weight excluding hydrogens is 520 g/mol. The molecule has 2 aromatic carbocycles. The Hall–Kier alpha value is -4.40. The number of amides is 2. The van der Waals surface area contributed by atoms with E-state index in [-0.39, 0.29) is 24.4 Å². The Balaban J connectivity index is 1.33. The van der Waals surface area contributed by atoms with Gasteiger partial charge in [0, 0.05) is 59.3 Å². The van der Waals surface area contributed by atoms with E-state index >= 15 is 0 Å². The maximum Gasteiger partial charge on any atom is 0.348 e. The van der Waals surface area contributed by atoms with E-state index in [1.165, 1.54) is 18.1 Å². The molecule has 0 spiro atoms. The molecule has 5 rings (SSSR count). The number of anilines is 1. The third kappa shape index (κ3) is 5.89. The monoisotopic (exact) mass is 556 g/mol. The molecule has 1 N–H and O–H groups in total. The van der Waals surface area contributed by atoms with Crippen molar-refractivity contribution in [2.24, 2.45) is 5.16 Å². The lowest BCUT2D eigenvalue weighted by Crippen LogP contribution is -2.39. The molecule has 1 fully saturated rings. The molecule has 0 unspecified atom stereocenters. The average Bonchev–Trinajstić information content (AvgIpc) is 3.51. The number of para-hydroxylation sites is 1. The minimum atomic E-state index is -0.663. The van der Waals surface area contributed by atoms with E-state index in [9.17, 15) is 14.4 Å². The van der Waals surface area contributed by atoms with Crippen molar-refractivity contribution in [3.05, 3.63) is 76.3 Å². The van der Waals surface area contributed by atoms with Crippen LogP contribution in [0.3, 0.4) is 0 Å². The number of benzene rings is 2. The van der Waals surface area contributed by atoms with Crippen molar-refractivity contribution in [1.29, 1.82) is 0 Å². The second-order valence-electron chi connectivity index (χ2n) is 10.4. The van der Waals surface area contributed by atoms with Crippen molar-refractivity contribution >= 4 is 45.0 Å². The third-order valence-corrected chi connectivity index (χ3v) is 7.68. The van der Waals surface area contributed by atoms with Crippen LogP contribution < -0.4 is 10.9 Å². The summed E-state index contributed by atoms with van der Waals surface area (Å²) in [6.07, 6.45) is 4.09. The molecule has 0 aliphatic carbocycles. The van der Waals surface area contributed by atoms with Crippen molar-refractivity contribution < 1.29 is 18.8 Å². The van der Waals surface area contributed by atoms with Crippen LogP contribution in [-0.2, 0) is 22.6 Å². The Labute approximate surface area is 238 Å². The highest BCUT2D eigenvalue weighted by Crippen LogP contribution is 2.31. The van der Waals surface area contributed by atoms with Crippen LogP contribution in [0.4, 0.5) is 5.69 Å². The molecule has 41 heavy (non-hydrogen) atoms. The number of unbranched alkanes of at least 4 members (excludes halogenated alkanes) is 2. The molecule has 0 radical (unpaired) electrons. The predicted octanol–water partition coefficient (Wildman–Crippen LogP) is 5.75. The van der Waals surface area contributed by atoms with Gasteiger partial charge in [-0.05, 0) is 49.7 Å². The summed E-state index contributed by atoms with van der Waals surface area (Å²) >= 11 is 0. The number of nitrogens with zero attached hydrogens (tertiary/aromatic N) is 3. The summed E-state index contributed by atoms with van der Waals surface area (Å²) in [4.78, 5) is 45.9. The van der Waals surface area contributed by atoms with Gasteiger partial charge in [0.2, 0.25) is 5.91 Å². The van der Waals surface area contributed by atoms with Gasteiger partial charge in [0.15, 0.2) is 0 Å². The first-order valence-electron chi connectivity index (χ1n) is 14.3. The average molecular weight is 557 g/mol. The number of fused-ring (bicyclic) bond motifs is 3. The quantitative estimate of drug-likeness (QED) is 0.198. The standard InChI is InChI=1S/C32H36N4O5/c1-4-6-7-10-24-14-15-26(32(39)41-24)31(38)36-20-22(34-40-3)17-23(36)19-30(37)33-21-13-16-29-27(18-21)25-11-8-9-12-28(25)35(29)5-2/h8-9,11-16,18,23H,4-7,10,17,19-20H2,1-3H3,(H,33,37)/b34-22+/t23-/m0/s1. The number of rotatable bonds is 10. The lowest BCUT2D eigenvalue weighted by atomic mass is 10.1. The minimum absolute atomic E-state index is 0.0453. The number of likely N-dealkylation sites (tertiary alicyclic amines) is 1. The fourth-order valence-electron chi connectivity index (χ4n) is 5.74. The molecule has 1 saturated heterocycles. The number of hydrogen-bond donors (Lipinski definition) is 1. The predicted molar refractivity (Wildman–Crippen MR) is 160 cm³/mol. The molecule has 9 nitrogen and oxygen atoms in total. The Morgan fingerprint density at radius 2 is 1.85 bits per heavy atom. The van der Waals surface area contributed by atoms with E-state index in [1.54, 1.807) is 6.07 Å². The van der Waals surface area contributed by atoms with E-state index in [0.29, 0.717) is 30.0 Å². The molecule has 3 heterocycles. The highest BCUT2D eigenvalue weighted by Gasteiger charge is 2.36.